The third-order valence-corrected chi connectivity index (χ3v) is 6.05. The van der Waals surface area contributed by atoms with E-state index in [2.05, 4.69) is 10.6 Å². The Morgan fingerprint density at radius 2 is 1.87 bits per heavy atom. The Kier molecular flexibility index (Phi) is 6.43. The number of urea groups is 1. The summed E-state index contributed by atoms with van der Waals surface area (Å²) >= 11 is 0. The van der Waals surface area contributed by atoms with E-state index in [1.54, 1.807) is 11.9 Å². The Morgan fingerprint density at radius 3 is 2.45 bits per heavy atom. The molecule has 31 heavy (non-hydrogen) atoms. The molecule has 0 aliphatic carbocycles. The van der Waals surface area contributed by atoms with E-state index in [4.69, 9.17) is 0 Å². The average Bonchev–Trinajstić information content (AvgIpc) is 3.01. The average molecular weight is 427 g/mol. The second-order valence-corrected chi connectivity index (χ2v) is 9.42. The van der Waals surface area contributed by atoms with Crippen LogP contribution in [0, 0.1) is 25.7 Å². The van der Waals surface area contributed by atoms with Crippen molar-refractivity contribution in [3.63, 3.8) is 0 Å². The SMILES string of the molecule is Cc1ccc(C2NC(=O)N(C)C3=C2C(=O)N(C(C(=O)NCC(C)C)C(C)C)C3)c(C)c1. The Balaban J connectivity index is 1.98. The number of benzene rings is 1. The van der Waals surface area contributed by atoms with Gasteiger partial charge >= 0.3 is 6.03 Å². The molecule has 1 aromatic rings. The van der Waals surface area contributed by atoms with Gasteiger partial charge in [0.25, 0.3) is 5.91 Å². The van der Waals surface area contributed by atoms with Crippen molar-refractivity contribution in [3.05, 3.63) is 46.2 Å². The van der Waals surface area contributed by atoms with Crippen molar-refractivity contribution in [2.75, 3.05) is 20.1 Å². The smallest absolute Gasteiger partial charge is 0.322 e. The molecule has 0 saturated carbocycles. The van der Waals surface area contributed by atoms with E-state index >= 15 is 0 Å². The molecular formula is C24H34N4O3. The van der Waals surface area contributed by atoms with Gasteiger partial charge in [0.1, 0.15) is 6.04 Å². The molecule has 0 fully saturated rings. The highest BCUT2D eigenvalue weighted by Crippen LogP contribution is 2.38. The summed E-state index contributed by atoms with van der Waals surface area (Å²) in [4.78, 5) is 42.5. The van der Waals surface area contributed by atoms with Gasteiger partial charge in [-0.2, -0.15) is 0 Å². The van der Waals surface area contributed by atoms with Crippen LogP contribution in [0.4, 0.5) is 4.79 Å². The molecule has 1 aromatic carbocycles. The summed E-state index contributed by atoms with van der Waals surface area (Å²) in [5.74, 6) is -0.0858. The first-order valence-corrected chi connectivity index (χ1v) is 11.0. The fourth-order valence-electron chi connectivity index (χ4n) is 4.41. The maximum Gasteiger partial charge on any atom is 0.322 e. The van der Waals surface area contributed by atoms with Gasteiger partial charge in [0.05, 0.1) is 23.9 Å². The molecule has 2 N–H and O–H groups in total. The number of likely N-dealkylation sites (N-methyl/N-ethyl adjacent to an activating group) is 1. The number of hydrogen-bond donors (Lipinski definition) is 2. The van der Waals surface area contributed by atoms with Gasteiger partial charge in [-0.1, -0.05) is 51.5 Å². The molecular weight excluding hydrogens is 392 g/mol. The Hall–Kier alpha value is -2.83. The minimum atomic E-state index is -0.597. The summed E-state index contributed by atoms with van der Waals surface area (Å²) in [6, 6.07) is 4.64. The van der Waals surface area contributed by atoms with E-state index < -0.39 is 12.1 Å². The van der Waals surface area contributed by atoms with Gasteiger partial charge in [-0.15, -0.1) is 0 Å². The second-order valence-electron chi connectivity index (χ2n) is 9.42. The molecule has 2 aliphatic heterocycles. The molecule has 2 unspecified atom stereocenters. The first kappa shape index (κ1) is 22.8. The molecule has 0 radical (unpaired) electrons. The van der Waals surface area contributed by atoms with Gasteiger partial charge in [-0.25, -0.2) is 4.79 Å². The molecule has 0 bridgehead atoms. The lowest BCUT2D eigenvalue weighted by Gasteiger charge is -2.31. The van der Waals surface area contributed by atoms with Crippen LogP contribution in [0.1, 0.15) is 50.4 Å². The Bertz CT molecular complexity index is 935. The fraction of sp³-hybridized carbons (Fsp3) is 0.542. The fourth-order valence-corrected chi connectivity index (χ4v) is 4.41. The third-order valence-electron chi connectivity index (χ3n) is 6.05. The molecule has 0 aromatic heterocycles. The molecule has 2 aliphatic rings. The quantitative estimate of drug-likeness (QED) is 0.734. The highest BCUT2D eigenvalue weighted by molar-refractivity contribution is 6.03. The molecule has 7 heteroatoms. The highest BCUT2D eigenvalue weighted by atomic mass is 16.2. The van der Waals surface area contributed by atoms with Crippen LogP contribution in [0.2, 0.25) is 0 Å². The normalized spacial score (nSPS) is 19.8. The number of nitrogens with one attached hydrogen (secondary N) is 2. The zero-order valence-corrected chi connectivity index (χ0v) is 19.6. The van der Waals surface area contributed by atoms with Crippen LogP contribution in [-0.4, -0.2) is 53.8 Å². The maximum absolute atomic E-state index is 13.7. The van der Waals surface area contributed by atoms with Crippen LogP contribution in [0.15, 0.2) is 29.5 Å². The number of hydrogen-bond acceptors (Lipinski definition) is 3. The summed E-state index contributed by atoms with van der Waals surface area (Å²) in [5, 5.41) is 5.96. The first-order valence-electron chi connectivity index (χ1n) is 11.0. The number of rotatable bonds is 6. The van der Waals surface area contributed by atoms with Gasteiger partial charge in [0.15, 0.2) is 0 Å². The van der Waals surface area contributed by atoms with Gasteiger partial charge in [0, 0.05) is 13.6 Å². The summed E-state index contributed by atoms with van der Waals surface area (Å²) in [6.07, 6.45) is 0. The van der Waals surface area contributed by atoms with Crippen LogP contribution < -0.4 is 10.6 Å². The monoisotopic (exact) mass is 426 g/mol. The third kappa shape index (κ3) is 4.31. The van der Waals surface area contributed by atoms with Crippen molar-refractivity contribution >= 4 is 17.8 Å². The molecule has 168 valence electrons. The number of nitrogens with zero attached hydrogens (tertiary/aromatic N) is 2. The van der Waals surface area contributed by atoms with Crippen LogP contribution in [0.3, 0.4) is 0 Å². The van der Waals surface area contributed by atoms with Crippen LogP contribution in [0.5, 0.6) is 0 Å². The molecule has 0 spiro atoms. The largest absolute Gasteiger partial charge is 0.354 e. The Morgan fingerprint density at radius 1 is 1.19 bits per heavy atom. The van der Waals surface area contributed by atoms with Crippen LogP contribution >= 0.6 is 0 Å². The number of carbonyl (C=O) groups is 3. The zero-order valence-electron chi connectivity index (χ0n) is 19.6. The second kappa shape index (κ2) is 8.73. The van der Waals surface area contributed by atoms with Crippen molar-refractivity contribution in [3.8, 4) is 0 Å². The topological polar surface area (TPSA) is 81.8 Å². The van der Waals surface area contributed by atoms with Gasteiger partial charge < -0.3 is 15.5 Å². The van der Waals surface area contributed by atoms with E-state index in [9.17, 15) is 14.4 Å². The lowest BCUT2D eigenvalue weighted by Crippen LogP contribution is -2.52. The van der Waals surface area contributed by atoms with Crippen LogP contribution in [-0.2, 0) is 9.59 Å². The van der Waals surface area contributed by atoms with Crippen molar-refractivity contribution in [2.45, 2.75) is 53.6 Å². The molecule has 2 heterocycles. The molecule has 4 amide bonds. The molecule has 7 nitrogen and oxygen atoms in total. The van der Waals surface area contributed by atoms with Gasteiger partial charge in [-0.05, 0) is 36.8 Å². The number of carbonyl (C=O) groups excluding carboxylic acids is 3. The van der Waals surface area contributed by atoms with E-state index in [-0.39, 0.29) is 30.3 Å². The maximum atomic E-state index is 13.7. The van der Waals surface area contributed by atoms with Gasteiger partial charge in [0.2, 0.25) is 5.91 Å². The predicted molar refractivity (Wildman–Crippen MR) is 120 cm³/mol. The van der Waals surface area contributed by atoms with E-state index in [0.717, 1.165) is 16.7 Å². The summed E-state index contributed by atoms with van der Waals surface area (Å²) in [7, 11) is 1.67. The first-order chi connectivity index (χ1) is 14.5. The lowest BCUT2D eigenvalue weighted by atomic mass is 9.91. The zero-order chi connectivity index (χ0) is 23.0. The highest BCUT2D eigenvalue weighted by Gasteiger charge is 2.47. The minimum Gasteiger partial charge on any atom is -0.354 e. The summed E-state index contributed by atoms with van der Waals surface area (Å²) in [5.41, 5.74) is 4.26. The summed E-state index contributed by atoms with van der Waals surface area (Å²) < 4.78 is 0. The van der Waals surface area contributed by atoms with Crippen molar-refractivity contribution < 1.29 is 14.4 Å². The van der Waals surface area contributed by atoms with E-state index in [1.165, 1.54) is 4.90 Å². The molecule has 3 rings (SSSR count). The predicted octanol–water partition coefficient (Wildman–Crippen LogP) is 2.89. The Labute approximate surface area is 184 Å². The summed E-state index contributed by atoms with van der Waals surface area (Å²) in [6.45, 7) is 12.8. The standard InChI is InChI=1S/C24H34N4O3/c1-13(2)11-25-22(29)21(14(3)4)28-12-18-19(23(28)30)20(26-24(31)27(18)7)17-9-8-15(5)10-16(17)6/h8-10,13-14,20-21H,11-12H2,1-7H3,(H,25,29)(H,26,31). The van der Waals surface area contributed by atoms with Crippen molar-refractivity contribution in [1.82, 2.24) is 20.4 Å². The van der Waals surface area contributed by atoms with Crippen LogP contribution in [0.25, 0.3) is 0 Å². The van der Waals surface area contributed by atoms with Gasteiger partial charge in [-0.3, -0.25) is 14.5 Å². The molecule has 2 atom stereocenters. The van der Waals surface area contributed by atoms with Crippen molar-refractivity contribution in [2.24, 2.45) is 11.8 Å². The minimum absolute atomic E-state index is 0.0639. The number of amides is 4. The van der Waals surface area contributed by atoms with E-state index in [0.29, 0.717) is 23.7 Å². The molecule has 0 saturated heterocycles. The number of aryl methyl sites for hydroxylation is 2. The van der Waals surface area contributed by atoms with E-state index in [1.807, 2.05) is 59.7 Å². The lowest BCUT2D eigenvalue weighted by molar-refractivity contribution is -0.138. The van der Waals surface area contributed by atoms with Crippen molar-refractivity contribution in [1.29, 1.82) is 0 Å².